The summed E-state index contributed by atoms with van der Waals surface area (Å²) in [6, 6.07) is 3.34. The average Bonchev–Trinajstić information content (AvgIpc) is 3.18. The van der Waals surface area contributed by atoms with Crippen molar-refractivity contribution >= 4 is 17.2 Å². The first kappa shape index (κ1) is 23.8. The molecule has 1 N–H and O–H groups in total. The molecule has 5 rings (SSSR count). The highest BCUT2D eigenvalue weighted by Gasteiger charge is 2.45. The summed E-state index contributed by atoms with van der Waals surface area (Å²) in [4.78, 5) is 18.5. The lowest BCUT2D eigenvalue weighted by Crippen LogP contribution is -2.54. The lowest BCUT2D eigenvalue weighted by atomic mass is 9.76. The van der Waals surface area contributed by atoms with Gasteiger partial charge in [-0.2, -0.15) is 0 Å². The van der Waals surface area contributed by atoms with E-state index in [4.69, 9.17) is 9.47 Å². The molecule has 184 valence electrons. The van der Waals surface area contributed by atoms with Crippen molar-refractivity contribution in [3.8, 4) is 0 Å². The van der Waals surface area contributed by atoms with Crippen LogP contribution in [0, 0.1) is 11.8 Å². The van der Waals surface area contributed by atoms with Gasteiger partial charge in [0.2, 0.25) is 5.91 Å². The van der Waals surface area contributed by atoms with Gasteiger partial charge in [-0.15, -0.1) is 11.3 Å². The van der Waals surface area contributed by atoms with Crippen molar-refractivity contribution in [2.75, 3.05) is 26.3 Å². The molecule has 1 aromatic heterocycles. The van der Waals surface area contributed by atoms with E-state index in [2.05, 4.69) is 44.0 Å². The molecule has 6 heteroatoms. The zero-order valence-electron chi connectivity index (χ0n) is 21.0. The first-order valence-electron chi connectivity index (χ1n) is 13.2. The number of carbonyl (C=O) groups is 1. The SMILES string of the molecule is CCc1cc2c(s1)CCO[C@@]21CCN(C[C@H]2C[C@@H](NC(=O)C3CCOC(C)(C)C3)C2)[C@@H](C)C1. The summed E-state index contributed by atoms with van der Waals surface area (Å²) in [5.74, 6) is 1.06. The van der Waals surface area contributed by atoms with Gasteiger partial charge in [-0.3, -0.25) is 4.79 Å². The second-order valence-electron chi connectivity index (χ2n) is 11.6. The number of amides is 1. The van der Waals surface area contributed by atoms with Crippen molar-refractivity contribution < 1.29 is 14.3 Å². The largest absolute Gasteiger partial charge is 0.376 e. The number of fused-ring (bicyclic) bond motifs is 2. The molecule has 0 bridgehead atoms. The van der Waals surface area contributed by atoms with Crippen LogP contribution in [-0.2, 0) is 32.7 Å². The first-order valence-corrected chi connectivity index (χ1v) is 14.0. The molecule has 1 amide bonds. The Bertz CT molecular complexity index is 862. The quantitative estimate of drug-likeness (QED) is 0.674. The molecule has 2 saturated heterocycles. The fraction of sp³-hybridized carbons (Fsp3) is 0.815. The predicted octanol–water partition coefficient (Wildman–Crippen LogP) is 4.66. The van der Waals surface area contributed by atoms with Gasteiger partial charge in [0.15, 0.2) is 0 Å². The molecule has 1 unspecified atom stereocenters. The Balaban J connectivity index is 1.10. The number of piperidine rings is 1. The van der Waals surface area contributed by atoms with E-state index in [9.17, 15) is 4.79 Å². The van der Waals surface area contributed by atoms with Gasteiger partial charge < -0.3 is 19.7 Å². The second-order valence-corrected chi connectivity index (χ2v) is 12.9. The molecule has 1 spiro atoms. The Morgan fingerprint density at radius 3 is 2.79 bits per heavy atom. The van der Waals surface area contributed by atoms with Crippen molar-refractivity contribution in [3.63, 3.8) is 0 Å². The monoisotopic (exact) mass is 474 g/mol. The number of ether oxygens (including phenoxy) is 2. The Hall–Kier alpha value is -0.950. The van der Waals surface area contributed by atoms with Crippen LogP contribution in [0.25, 0.3) is 0 Å². The average molecular weight is 475 g/mol. The van der Waals surface area contributed by atoms with Gasteiger partial charge in [-0.05, 0) is 83.3 Å². The van der Waals surface area contributed by atoms with Crippen LogP contribution in [0.1, 0.15) is 81.5 Å². The molecule has 3 aliphatic heterocycles. The number of nitrogens with one attached hydrogen (secondary N) is 1. The molecule has 1 saturated carbocycles. The highest BCUT2D eigenvalue weighted by atomic mass is 32.1. The molecule has 4 aliphatic rings. The minimum atomic E-state index is -0.173. The minimum Gasteiger partial charge on any atom is -0.376 e. The highest BCUT2D eigenvalue weighted by Crippen LogP contribution is 2.46. The van der Waals surface area contributed by atoms with Crippen LogP contribution in [0.3, 0.4) is 0 Å². The van der Waals surface area contributed by atoms with E-state index >= 15 is 0 Å². The predicted molar refractivity (Wildman–Crippen MR) is 133 cm³/mol. The van der Waals surface area contributed by atoms with Gasteiger partial charge in [0, 0.05) is 53.9 Å². The number of nitrogens with zero attached hydrogens (tertiary/aromatic N) is 1. The molecular formula is C27H42N2O3S. The number of carbonyl (C=O) groups excluding carboxylic acids is 1. The molecule has 0 aromatic carbocycles. The summed E-state index contributed by atoms with van der Waals surface area (Å²) in [5.41, 5.74) is 1.28. The van der Waals surface area contributed by atoms with Gasteiger partial charge in [0.05, 0.1) is 17.8 Å². The lowest BCUT2D eigenvalue weighted by molar-refractivity contribution is -0.137. The topological polar surface area (TPSA) is 50.8 Å². The third-order valence-corrected chi connectivity index (χ3v) is 9.94. The third kappa shape index (κ3) is 4.91. The van der Waals surface area contributed by atoms with Gasteiger partial charge in [-0.25, -0.2) is 0 Å². The maximum Gasteiger partial charge on any atom is 0.223 e. The third-order valence-electron chi connectivity index (χ3n) is 8.60. The normalized spacial score (nSPS) is 36.2. The fourth-order valence-electron chi connectivity index (χ4n) is 6.66. The zero-order chi connectivity index (χ0) is 23.2. The van der Waals surface area contributed by atoms with Crippen molar-refractivity contribution in [3.05, 3.63) is 21.4 Å². The van der Waals surface area contributed by atoms with Crippen molar-refractivity contribution in [2.45, 2.75) is 102 Å². The van der Waals surface area contributed by atoms with Crippen LogP contribution in [0.5, 0.6) is 0 Å². The zero-order valence-corrected chi connectivity index (χ0v) is 21.8. The molecule has 0 radical (unpaired) electrons. The summed E-state index contributed by atoms with van der Waals surface area (Å²) in [6.45, 7) is 12.7. The lowest BCUT2D eigenvalue weighted by Gasteiger charge is -2.49. The van der Waals surface area contributed by atoms with Crippen LogP contribution >= 0.6 is 11.3 Å². The number of hydrogen-bond donors (Lipinski definition) is 1. The van der Waals surface area contributed by atoms with Crippen LogP contribution in [-0.4, -0.2) is 54.8 Å². The summed E-state index contributed by atoms with van der Waals surface area (Å²) in [5, 5.41) is 3.34. The Morgan fingerprint density at radius 2 is 2.06 bits per heavy atom. The smallest absolute Gasteiger partial charge is 0.223 e. The summed E-state index contributed by atoms with van der Waals surface area (Å²) >= 11 is 2.01. The van der Waals surface area contributed by atoms with Gasteiger partial charge in [0.25, 0.3) is 0 Å². The minimum absolute atomic E-state index is 0.0545. The summed E-state index contributed by atoms with van der Waals surface area (Å²) < 4.78 is 12.3. The Kier molecular flexibility index (Phi) is 6.67. The van der Waals surface area contributed by atoms with Gasteiger partial charge in [-0.1, -0.05) is 6.92 Å². The molecule has 4 heterocycles. The fourth-order valence-corrected chi connectivity index (χ4v) is 7.83. The molecule has 33 heavy (non-hydrogen) atoms. The van der Waals surface area contributed by atoms with Crippen molar-refractivity contribution in [1.29, 1.82) is 0 Å². The van der Waals surface area contributed by atoms with E-state index in [1.165, 1.54) is 10.4 Å². The van der Waals surface area contributed by atoms with E-state index in [1.807, 2.05) is 11.3 Å². The van der Waals surface area contributed by atoms with Gasteiger partial charge in [0.1, 0.15) is 0 Å². The number of hydrogen-bond acceptors (Lipinski definition) is 5. The molecular weight excluding hydrogens is 432 g/mol. The van der Waals surface area contributed by atoms with Gasteiger partial charge >= 0.3 is 0 Å². The van der Waals surface area contributed by atoms with Crippen molar-refractivity contribution in [1.82, 2.24) is 10.2 Å². The standard InChI is InChI=1S/C27H42N2O3S/c1-5-22-14-23-24(33-22)7-11-32-27(23)8-9-29(18(2)15-27)17-19-12-21(13-19)28-25(30)20-6-10-31-26(3,4)16-20/h14,18-21H,5-13,15-17H2,1-4H3,(H,28,30)/t18-,19-,20?,21+,27+/m0/s1. The number of likely N-dealkylation sites (tertiary alicyclic amines) is 1. The highest BCUT2D eigenvalue weighted by molar-refractivity contribution is 7.12. The van der Waals surface area contributed by atoms with Crippen LogP contribution in [0.15, 0.2) is 6.07 Å². The molecule has 3 fully saturated rings. The molecule has 1 aliphatic carbocycles. The van der Waals surface area contributed by atoms with E-state index in [1.54, 1.807) is 4.88 Å². The first-order chi connectivity index (χ1) is 15.8. The van der Waals surface area contributed by atoms with Crippen LogP contribution in [0.4, 0.5) is 0 Å². The second kappa shape index (κ2) is 9.25. The maximum absolute atomic E-state index is 12.7. The van der Waals surface area contributed by atoms with E-state index < -0.39 is 0 Å². The number of aryl methyl sites for hydroxylation is 1. The summed E-state index contributed by atoms with van der Waals surface area (Å²) in [7, 11) is 0. The Morgan fingerprint density at radius 1 is 1.24 bits per heavy atom. The number of rotatable bonds is 5. The Labute approximate surface area is 203 Å². The molecule has 1 aromatic rings. The molecule has 3 atom stereocenters. The maximum atomic E-state index is 12.7. The van der Waals surface area contributed by atoms with Crippen LogP contribution < -0.4 is 5.32 Å². The van der Waals surface area contributed by atoms with E-state index in [-0.39, 0.29) is 23.0 Å². The van der Waals surface area contributed by atoms with Crippen molar-refractivity contribution in [2.24, 2.45) is 11.8 Å². The molecule has 5 nitrogen and oxygen atoms in total. The van der Waals surface area contributed by atoms with E-state index in [0.717, 1.165) is 71.1 Å². The summed E-state index contributed by atoms with van der Waals surface area (Å²) in [6.07, 6.45) is 8.35. The van der Waals surface area contributed by atoms with Crippen LogP contribution in [0.2, 0.25) is 0 Å². The number of thiophene rings is 1. The van der Waals surface area contributed by atoms with E-state index in [0.29, 0.717) is 24.6 Å².